The lowest BCUT2D eigenvalue weighted by molar-refractivity contribution is -0.143. The minimum atomic E-state index is -0.997. The summed E-state index contributed by atoms with van der Waals surface area (Å²) in [7, 11) is 0. The van der Waals surface area contributed by atoms with Crippen molar-refractivity contribution in [2.45, 2.75) is 82.4 Å². The average molecular weight is 776 g/mol. The quantitative estimate of drug-likeness (QED) is 0.330. The van der Waals surface area contributed by atoms with Crippen LogP contribution in [0.2, 0.25) is 0 Å². The van der Waals surface area contributed by atoms with Gasteiger partial charge in [-0.25, -0.2) is 9.59 Å². The Morgan fingerprint density at radius 2 is 1.51 bits per heavy atom. The molecule has 1 saturated carbocycles. The Kier molecular flexibility index (Phi) is 11.3. The number of fused-ring (bicyclic) bond motifs is 1. The molecule has 1 aliphatic carbocycles. The number of piperidine rings is 1. The van der Waals surface area contributed by atoms with Crippen LogP contribution in [0, 0.1) is 0 Å². The van der Waals surface area contributed by atoms with Gasteiger partial charge in [-0.05, 0) is 93.3 Å². The molecule has 2 N–H and O–H groups in total. The molecular weight excluding hydrogens is 730 g/mol. The number of hydrogen-bond acceptors (Lipinski definition) is 6. The summed E-state index contributed by atoms with van der Waals surface area (Å²) >= 11 is 6.78. The Balaban J connectivity index is 1.08. The first-order chi connectivity index (χ1) is 22.8. The molecule has 6 rings (SSSR count). The molecule has 1 atom stereocenters. The van der Waals surface area contributed by atoms with Crippen LogP contribution in [0.4, 0.5) is 15.3 Å². The highest BCUT2D eigenvalue weighted by Gasteiger charge is 2.36. The Hall–Kier alpha value is -2.83. The molecule has 2 aromatic rings. The van der Waals surface area contributed by atoms with Gasteiger partial charge in [0, 0.05) is 70.0 Å². The van der Waals surface area contributed by atoms with E-state index in [9.17, 15) is 19.5 Å². The van der Waals surface area contributed by atoms with Gasteiger partial charge in [0.15, 0.2) is 6.10 Å². The number of urea groups is 1. The van der Waals surface area contributed by atoms with Gasteiger partial charge in [0.1, 0.15) is 5.75 Å². The maximum Gasteiger partial charge on any atom is 0.410 e. The van der Waals surface area contributed by atoms with Gasteiger partial charge in [-0.15, -0.1) is 0 Å². The number of aromatic hydroxyl groups is 1. The van der Waals surface area contributed by atoms with Crippen molar-refractivity contribution in [3.8, 4) is 5.75 Å². The number of phenolic OH excluding ortho intramolecular Hbond substituents is 1. The SMILES string of the molecule is O=C(O[C@H](Cc1cc(Br)c(O)c(Br)c1)C(=O)N1CCN(C2CCCCCC2)CC1)N1CCC(N2CCc3ccccc3NC2=O)CC1. The molecule has 3 aliphatic heterocycles. The number of nitrogens with zero attached hydrogens (tertiary/aromatic N) is 4. The van der Waals surface area contributed by atoms with Gasteiger partial charge in [-0.2, -0.15) is 0 Å². The Morgan fingerprint density at radius 3 is 2.19 bits per heavy atom. The van der Waals surface area contributed by atoms with Gasteiger partial charge in [-0.3, -0.25) is 9.69 Å². The van der Waals surface area contributed by atoms with E-state index in [1.807, 2.05) is 34.1 Å². The van der Waals surface area contributed by atoms with E-state index in [-0.39, 0.29) is 30.2 Å². The van der Waals surface area contributed by atoms with Crippen molar-refractivity contribution in [2.24, 2.45) is 0 Å². The lowest BCUT2D eigenvalue weighted by Crippen LogP contribution is -2.55. The first kappa shape index (κ1) is 34.0. The maximum atomic E-state index is 14.0. The van der Waals surface area contributed by atoms with E-state index in [0.717, 1.165) is 36.3 Å². The summed E-state index contributed by atoms with van der Waals surface area (Å²) in [6.07, 6.45) is 8.36. The summed E-state index contributed by atoms with van der Waals surface area (Å²) in [6, 6.07) is 11.9. The summed E-state index contributed by atoms with van der Waals surface area (Å²) in [5, 5.41) is 13.3. The van der Waals surface area contributed by atoms with Crippen molar-refractivity contribution >= 4 is 55.6 Å². The number of phenols is 1. The second kappa shape index (κ2) is 15.6. The summed E-state index contributed by atoms with van der Waals surface area (Å²) in [5.74, 6) is -0.108. The van der Waals surface area contributed by atoms with Crippen molar-refractivity contribution < 1.29 is 24.2 Å². The third-order valence-electron chi connectivity index (χ3n) is 10.3. The molecule has 47 heavy (non-hydrogen) atoms. The molecule has 3 fully saturated rings. The molecule has 10 nitrogen and oxygen atoms in total. The van der Waals surface area contributed by atoms with Crippen molar-refractivity contribution in [3.05, 3.63) is 56.5 Å². The molecule has 3 heterocycles. The van der Waals surface area contributed by atoms with Crippen molar-refractivity contribution in [3.63, 3.8) is 0 Å². The van der Waals surface area contributed by atoms with Gasteiger partial charge in [0.25, 0.3) is 5.91 Å². The number of carbonyl (C=O) groups excluding carboxylic acids is 3. The van der Waals surface area contributed by atoms with Gasteiger partial charge < -0.3 is 29.9 Å². The van der Waals surface area contributed by atoms with E-state index in [1.54, 1.807) is 17.0 Å². The Bertz CT molecular complexity index is 1410. The fourth-order valence-electron chi connectivity index (χ4n) is 7.56. The minimum Gasteiger partial charge on any atom is -0.506 e. The number of ether oxygens (including phenoxy) is 1. The number of piperazine rings is 1. The van der Waals surface area contributed by atoms with Crippen molar-refractivity contribution in [1.82, 2.24) is 19.6 Å². The predicted octanol–water partition coefficient (Wildman–Crippen LogP) is 6.39. The smallest absolute Gasteiger partial charge is 0.410 e. The van der Waals surface area contributed by atoms with E-state index < -0.39 is 12.2 Å². The highest BCUT2D eigenvalue weighted by molar-refractivity contribution is 9.11. The third kappa shape index (κ3) is 8.25. The molecule has 0 aromatic heterocycles. The number of hydrogen-bond donors (Lipinski definition) is 2. The molecule has 0 bridgehead atoms. The van der Waals surface area contributed by atoms with Crippen LogP contribution >= 0.6 is 31.9 Å². The first-order valence-corrected chi connectivity index (χ1v) is 18.7. The van der Waals surface area contributed by atoms with Crippen molar-refractivity contribution in [2.75, 3.05) is 51.1 Å². The maximum absolute atomic E-state index is 14.0. The zero-order valence-corrected chi connectivity index (χ0v) is 30.0. The number of carbonyl (C=O) groups is 3. The molecule has 2 aromatic carbocycles. The third-order valence-corrected chi connectivity index (χ3v) is 11.5. The van der Waals surface area contributed by atoms with Crippen LogP contribution in [-0.2, 0) is 22.4 Å². The highest BCUT2D eigenvalue weighted by atomic mass is 79.9. The molecule has 0 spiro atoms. The molecule has 0 unspecified atom stereocenters. The summed E-state index contributed by atoms with van der Waals surface area (Å²) in [6.45, 7) is 4.39. The van der Waals surface area contributed by atoms with Crippen LogP contribution in [0.3, 0.4) is 0 Å². The minimum absolute atomic E-state index is 0.0160. The number of nitrogens with one attached hydrogen (secondary N) is 1. The molecule has 12 heteroatoms. The van der Waals surface area contributed by atoms with Crippen LogP contribution in [0.25, 0.3) is 0 Å². The summed E-state index contributed by atoms with van der Waals surface area (Å²) in [4.78, 5) is 48.6. The second-order valence-electron chi connectivity index (χ2n) is 13.2. The largest absolute Gasteiger partial charge is 0.506 e. The van der Waals surface area contributed by atoms with Gasteiger partial charge >= 0.3 is 12.1 Å². The number of amides is 4. The summed E-state index contributed by atoms with van der Waals surface area (Å²) < 4.78 is 7.04. The van der Waals surface area contributed by atoms with Crippen LogP contribution in [0.5, 0.6) is 5.75 Å². The van der Waals surface area contributed by atoms with Crippen LogP contribution < -0.4 is 5.32 Å². The van der Waals surface area contributed by atoms with E-state index >= 15 is 0 Å². The van der Waals surface area contributed by atoms with Crippen molar-refractivity contribution in [1.29, 1.82) is 0 Å². The normalized spacial score (nSPS) is 21.0. The predicted molar refractivity (Wildman–Crippen MR) is 188 cm³/mol. The van der Waals surface area contributed by atoms with E-state index in [4.69, 9.17) is 4.74 Å². The van der Waals surface area contributed by atoms with E-state index in [0.29, 0.717) is 60.6 Å². The number of rotatable bonds is 6. The zero-order chi connectivity index (χ0) is 32.9. The monoisotopic (exact) mass is 773 g/mol. The van der Waals surface area contributed by atoms with E-state index in [2.05, 4.69) is 42.1 Å². The standard InChI is InChI=1S/C35H45Br2N5O5/c36-28-21-24(22-29(37)32(28)43)23-31(33(44)40-19-17-39(18-20-40)26-8-3-1-2-4-9-26)47-35(46)41-14-12-27(13-15-41)42-16-11-25-7-5-6-10-30(25)38-34(42)45/h5-7,10,21-22,26-27,31,43H,1-4,8-9,11-20,23H2,(H,38,45)/t31-/m1/s1. The lowest BCUT2D eigenvalue weighted by Gasteiger charge is -2.40. The van der Waals surface area contributed by atoms with Gasteiger partial charge in [-0.1, -0.05) is 43.9 Å². The average Bonchev–Trinajstić information content (AvgIpc) is 3.46. The summed E-state index contributed by atoms with van der Waals surface area (Å²) in [5.41, 5.74) is 2.74. The first-order valence-electron chi connectivity index (χ1n) is 17.1. The highest BCUT2D eigenvalue weighted by Crippen LogP contribution is 2.34. The van der Waals surface area contributed by atoms with Gasteiger partial charge in [0.2, 0.25) is 0 Å². The Morgan fingerprint density at radius 1 is 0.851 bits per heavy atom. The molecule has 4 aliphatic rings. The Labute approximate surface area is 294 Å². The molecule has 4 amide bonds. The molecule has 0 radical (unpaired) electrons. The van der Waals surface area contributed by atoms with E-state index in [1.165, 1.54) is 38.5 Å². The number of anilines is 1. The number of likely N-dealkylation sites (tertiary alicyclic amines) is 1. The fraction of sp³-hybridized carbons (Fsp3) is 0.571. The van der Waals surface area contributed by atoms with Crippen LogP contribution in [0.15, 0.2) is 45.3 Å². The zero-order valence-electron chi connectivity index (χ0n) is 26.8. The number of benzene rings is 2. The molecule has 2 saturated heterocycles. The lowest BCUT2D eigenvalue weighted by atomic mass is 10.0. The second-order valence-corrected chi connectivity index (χ2v) is 14.9. The van der Waals surface area contributed by atoms with Crippen LogP contribution in [0.1, 0.15) is 62.5 Å². The molecular formula is C35H45Br2N5O5. The van der Waals surface area contributed by atoms with Gasteiger partial charge in [0.05, 0.1) is 8.95 Å². The molecule has 254 valence electrons. The number of halogens is 2. The fourth-order valence-corrected chi connectivity index (χ4v) is 8.84. The topological polar surface area (TPSA) is 106 Å². The number of para-hydroxylation sites is 1. The van der Waals surface area contributed by atoms with Crippen LogP contribution in [-0.4, -0.2) is 107 Å².